The van der Waals surface area contributed by atoms with Crippen molar-refractivity contribution in [1.29, 1.82) is 0 Å². The van der Waals surface area contributed by atoms with Crippen molar-refractivity contribution in [2.24, 2.45) is 0 Å². The van der Waals surface area contributed by atoms with Crippen LogP contribution in [0.2, 0.25) is 0 Å². The molecule has 1 atom stereocenters. The van der Waals surface area contributed by atoms with Crippen LogP contribution in [0, 0.1) is 5.82 Å². The highest BCUT2D eigenvalue weighted by Gasteiger charge is 2.42. The second kappa shape index (κ2) is 8.45. The molecule has 0 fully saturated rings. The quantitative estimate of drug-likeness (QED) is 0.394. The zero-order valence-corrected chi connectivity index (χ0v) is 18.7. The molecular weight excluding hydrogens is 419 g/mol. The molecule has 0 bridgehead atoms. The van der Waals surface area contributed by atoms with Gasteiger partial charge in [-0.15, -0.1) is 0 Å². The molecular formula is C27H25FN2O3. The molecule has 0 N–H and O–H groups in total. The van der Waals surface area contributed by atoms with Gasteiger partial charge in [0.05, 0.1) is 17.0 Å². The van der Waals surface area contributed by atoms with Crippen molar-refractivity contribution < 1.29 is 13.6 Å². The number of rotatable bonds is 6. The number of nitrogens with zero attached hydrogens (tertiary/aromatic N) is 2. The Balaban J connectivity index is 1.71. The topological polar surface area (TPSA) is 53.8 Å². The minimum Gasteiger partial charge on any atom is -0.450 e. The molecule has 1 aromatic heterocycles. The molecule has 0 radical (unpaired) electrons. The summed E-state index contributed by atoms with van der Waals surface area (Å²) in [5, 5.41) is 2.17. The number of halogens is 1. The Hall–Kier alpha value is -3.51. The smallest absolute Gasteiger partial charge is 0.290 e. The molecule has 3 aromatic carbocycles. The fourth-order valence-corrected chi connectivity index (χ4v) is 4.76. The van der Waals surface area contributed by atoms with Crippen LogP contribution in [0.3, 0.4) is 0 Å². The van der Waals surface area contributed by atoms with Gasteiger partial charge in [-0.05, 0) is 42.2 Å². The molecule has 1 amide bonds. The standard InChI is InChI=1S/C27H25FN2O3/c1-3-29(4-2)15-16-30-23(18-9-12-19(28)13-10-18)22-24(31)21-14-11-17-7-5-6-8-20(17)25(21)33-26(22)27(30)32/h5-14,23H,3-4,15-16H2,1-2H3. The molecule has 33 heavy (non-hydrogen) atoms. The minimum atomic E-state index is -0.615. The Bertz CT molecular complexity index is 1410. The largest absolute Gasteiger partial charge is 0.450 e. The van der Waals surface area contributed by atoms with Gasteiger partial charge in [0.15, 0.2) is 5.43 Å². The average Bonchev–Trinajstić information content (AvgIpc) is 3.12. The maximum Gasteiger partial charge on any atom is 0.290 e. The predicted octanol–water partition coefficient (Wildman–Crippen LogP) is 4.97. The first kappa shape index (κ1) is 21.3. The molecule has 0 saturated heterocycles. The van der Waals surface area contributed by atoms with Gasteiger partial charge < -0.3 is 14.2 Å². The maximum atomic E-state index is 13.7. The van der Waals surface area contributed by atoms with Crippen LogP contribution >= 0.6 is 0 Å². The van der Waals surface area contributed by atoms with Crippen LogP contribution < -0.4 is 5.43 Å². The molecule has 1 aliphatic heterocycles. The summed E-state index contributed by atoms with van der Waals surface area (Å²) in [6, 6.07) is 16.7. The van der Waals surface area contributed by atoms with Crippen molar-refractivity contribution in [2.45, 2.75) is 19.9 Å². The van der Waals surface area contributed by atoms with E-state index in [-0.39, 0.29) is 22.9 Å². The van der Waals surface area contributed by atoms with Gasteiger partial charge in [-0.25, -0.2) is 4.39 Å². The molecule has 5 nitrogen and oxygen atoms in total. The van der Waals surface area contributed by atoms with Crippen LogP contribution in [0.15, 0.2) is 69.9 Å². The van der Waals surface area contributed by atoms with E-state index in [0.29, 0.717) is 35.2 Å². The van der Waals surface area contributed by atoms with Crippen molar-refractivity contribution in [3.63, 3.8) is 0 Å². The van der Waals surface area contributed by atoms with Gasteiger partial charge in [0.2, 0.25) is 5.76 Å². The van der Waals surface area contributed by atoms with E-state index < -0.39 is 6.04 Å². The van der Waals surface area contributed by atoms with Gasteiger partial charge in [0.25, 0.3) is 5.91 Å². The van der Waals surface area contributed by atoms with Crippen LogP contribution in [-0.2, 0) is 0 Å². The highest BCUT2D eigenvalue weighted by atomic mass is 19.1. The van der Waals surface area contributed by atoms with Crippen molar-refractivity contribution in [1.82, 2.24) is 9.80 Å². The zero-order valence-electron chi connectivity index (χ0n) is 18.7. The monoisotopic (exact) mass is 444 g/mol. The molecule has 6 heteroatoms. The summed E-state index contributed by atoms with van der Waals surface area (Å²) in [6.45, 7) is 6.97. The lowest BCUT2D eigenvalue weighted by atomic mass is 9.97. The lowest BCUT2D eigenvalue weighted by molar-refractivity contribution is 0.0708. The summed E-state index contributed by atoms with van der Waals surface area (Å²) in [5.74, 6) is -0.592. The van der Waals surface area contributed by atoms with E-state index in [0.717, 1.165) is 23.9 Å². The molecule has 0 spiro atoms. The summed E-state index contributed by atoms with van der Waals surface area (Å²) in [7, 11) is 0. The van der Waals surface area contributed by atoms with E-state index >= 15 is 0 Å². The Morgan fingerprint density at radius 2 is 1.67 bits per heavy atom. The average molecular weight is 445 g/mol. The maximum absolute atomic E-state index is 13.7. The Kier molecular flexibility index (Phi) is 5.46. The number of carbonyl (C=O) groups excluding carboxylic acids is 1. The summed E-state index contributed by atoms with van der Waals surface area (Å²) >= 11 is 0. The van der Waals surface area contributed by atoms with E-state index in [1.807, 2.05) is 30.3 Å². The van der Waals surface area contributed by atoms with Crippen molar-refractivity contribution in [3.8, 4) is 0 Å². The molecule has 1 unspecified atom stereocenters. The van der Waals surface area contributed by atoms with E-state index in [1.54, 1.807) is 23.1 Å². The number of benzene rings is 3. The van der Waals surface area contributed by atoms with Crippen molar-refractivity contribution in [2.75, 3.05) is 26.2 Å². The molecule has 0 aliphatic carbocycles. The van der Waals surface area contributed by atoms with Crippen LogP contribution in [0.25, 0.3) is 21.7 Å². The van der Waals surface area contributed by atoms with E-state index in [9.17, 15) is 14.0 Å². The van der Waals surface area contributed by atoms with Crippen molar-refractivity contribution >= 4 is 27.6 Å². The molecule has 1 aliphatic rings. The number of hydrogen-bond donors (Lipinski definition) is 0. The normalized spacial score (nSPS) is 15.7. The van der Waals surface area contributed by atoms with Crippen LogP contribution in [0.1, 0.15) is 41.6 Å². The van der Waals surface area contributed by atoms with E-state index in [1.165, 1.54) is 12.1 Å². The number of hydrogen-bond acceptors (Lipinski definition) is 4. The highest BCUT2D eigenvalue weighted by molar-refractivity contribution is 6.06. The van der Waals surface area contributed by atoms with Gasteiger partial charge in [-0.2, -0.15) is 0 Å². The lowest BCUT2D eigenvalue weighted by Gasteiger charge is -2.28. The Labute approximate surface area is 191 Å². The van der Waals surface area contributed by atoms with Gasteiger partial charge in [-0.3, -0.25) is 9.59 Å². The summed E-state index contributed by atoms with van der Waals surface area (Å²) in [4.78, 5) is 31.2. The first-order valence-corrected chi connectivity index (χ1v) is 11.3. The van der Waals surface area contributed by atoms with Crippen LogP contribution in [-0.4, -0.2) is 41.9 Å². The van der Waals surface area contributed by atoms with Gasteiger partial charge in [0.1, 0.15) is 11.4 Å². The first-order chi connectivity index (χ1) is 16.0. The van der Waals surface area contributed by atoms with Crippen molar-refractivity contribution in [3.05, 3.63) is 93.6 Å². The summed E-state index contributed by atoms with van der Waals surface area (Å²) < 4.78 is 19.9. The van der Waals surface area contributed by atoms with Gasteiger partial charge in [-0.1, -0.05) is 56.3 Å². The third kappa shape index (κ3) is 3.51. The number of likely N-dealkylation sites (N-methyl/N-ethyl adjacent to an activating group) is 1. The molecule has 2 heterocycles. The van der Waals surface area contributed by atoms with Crippen LogP contribution in [0.5, 0.6) is 0 Å². The van der Waals surface area contributed by atoms with E-state index in [2.05, 4.69) is 18.7 Å². The molecule has 5 rings (SSSR count). The first-order valence-electron chi connectivity index (χ1n) is 11.3. The number of amides is 1. The van der Waals surface area contributed by atoms with Crippen LogP contribution in [0.4, 0.5) is 4.39 Å². The third-order valence-corrected chi connectivity index (χ3v) is 6.60. The second-order valence-corrected chi connectivity index (χ2v) is 8.32. The third-order valence-electron chi connectivity index (χ3n) is 6.60. The fourth-order valence-electron chi connectivity index (χ4n) is 4.76. The SMILES string of the molecule is CCN(CC)CCN1C(=O)c2oc3c(ccc4ccccc43)c(=O)c2C1c1ccc(F)cc1. The second-order valence-electron chi connectivity index (χ2n) is 8.32. The molecule has 0 saturated carbocycles. The molecule has 4 aromatic rings. The predicted molar refractivity (Wildman–Crippen MR) is 127 cm³/mol. The van der Waals surface area contributed by atoms with Gasteiger partial charge in [0, 0.05) is 18.5 Å². The zero-order chi connectivity index (χ0) is 23.1. The lowest BCUT2D eigenvalue weighted by Crippen LogP contribution is -2.37. The fraction of sp³-hybridized carbons (Fsp3) is 0.259. The highest BCUT2D eigenvalue weighted by Crippen LogP contribution is 2.39. The summed E-state index contributed by atoms with van der Waals surface area (Å²) in [6.07, 6.45) is 0. The minimum absolute atomic E-state index is 0.0812. The van der Waals surface area contributed by atoms with Gasteiger partial charge >= 0.3 is 0 Å². The Morgan fingerprint density at radius 1 is 0.939 bits per heavy atom. The summed E-state index contributed by atoms with van der Waals surface area (Å²) in [5.41, 5.74) is 1.23. The Morgan fingerprint density at radius 3 is 2.39 bits per heavy atom. The number of carbonyl (C=O) groups is 1. The number of fused-ring (bicyclic) bond motifs is 4. The molecule has 168 valence electrons. The van der Waals surface area contributed by atoms with E-state index in [4.69, 9.17) is 4.42 Å².